The van der Waals surface area contributed by atoms with Crippen LogP contribution in [0, 0.1) is 11.8 Å². The van der Waals surface area contributed by atoms with Crippen molar-refractivity contribution in [3.63, 3.8) is 0 Å². The van der Waals surface area contributed by atoms with Crippen molar-refractivity contribution >= 4 is 5.97 Å². The largest absolute Gasteiger partial charge is 0.481 e. The molecule has 1 aliphatic heterocycles. The Bertz CT molecular complexity index is 626. The number of hydrogen-bond donors (Lipinski definition) is 1. The molecular weight excluding hydrogens is 270 g/mol. The van der Waals surface area contributed by atoms with Gasteiger partial charge >= 0.3 is 5.97 Å². The van der Waals surface area contributed by atoms with Crippen LogP contribution >= 0.6 is 0 Å². The predicted molar refractivity (Wildman–Crippen MR) is 75.3 cm³/mol. The van der Waals surface area contributed by atoms with Gasteiger partial charge in [0.1, 0.15) is 0 Å². The molecule has 1 saturated heterocycles. The molecule has 1 aliphatic rings. The van der Waals surface area contributed by atoms with E-state index in [1.807, 2.05) is 37.3 Å². The maximum atomic E-state index is 11.1. The normalized spacial score (nSPS) is 22.5. The minimum atomic E-state index is -0.733. The van der Waals surface area contributed by atoms with Gasteiger partial charge in [-0.15, -0.1) is 0 Å². The van der Waals surface area contributed by atoms with E-state index in [9.17, 15) is 4.79 Å². The number of rotatable bonds is 4. The molecule has 0 bridgehead atoms. The van der Waals surface area contributed by atoms with Gasteiger partial charge in [0, 0.05) is 18.7 Å². The molecule has 0 saturated carbocycles. The molecule has 6 heteroatoms. The lowest BCUT2D eigenvalue weighted by Gasteiger charge is -2.11. The second kappa shape index (κ2) is 5.65. The highest BCUT2D eigenvalue weighted by Crippen LogP contribution is 2.24. The summed E-state index contributed by atoms with van der Waals surface area (Å²) in [6, 6.07) is 9.58. The average Bonchev–Trinajstić information content (AvgIpc) is 3.07. The monoisotopic (exact) mass is 287 g/mol. The Balaban J connectivity index is 1.67. The van der Waals surface area contributed by atoms with Crippen LogP contribution in [0.3, 0.4) is 0 Å². The third-order valence-corrected chi connectivity index (χ3v) is 3.86. The fourth-order valence-electron chi connectivity index (χ4n) is 2.73. The molecule has 2 aromatic rings. The highest BCUT2D eigenvalue weighted by atomic mass is 16.5. The second-order valence-electron chi connectivity index (χ2n) is 5.50. The van der Waals surface area contributed by atoms with Crippen LogP contribution in [0.4, 0.5) is 0 Å². The minimum Gasteiger partial charge on any atom is -0.481 e. The summed E-state index contributed by atoms with van der Waals surface area (Å²) >= 11 is 0. The first-order chi connectivity index (χ1) is 10.1. The van der Waals surface area contributed by atoms with Gasteiger partial charge in [-0.05, 0) is 18.1 Å². The Kier molecular flexibility index (Phi) is 3.70. The Morgan fingerprint density at radius 2 is 2.14 bits per heavy atom. The fraction of sp³-hybridized carbons (Fsp3) is 0.400. The molecule has 1 aromatic carbocycles. The molecule has 2 atom stereocenters. The van der Waals surface area contributed by atoms with Crippen molar-refractivity contribution in [1.29, 1.82) is 0 Å². The lowest BCUT2D eigenvalue weighted by Crippen LogP contribution is -2.23. The van der Waals surface area contributed by atoms with Crippen LogP contribution in [0.1, 0.15) is 12.7 Å². The van der Waals surface area contributed by atoms with Crippen molar-refractivity contribution in [3.8, 4) is 11.5 Å². The van der Waals surface area contributed by atoms with Gasteiger partial charge in [0.15, 0.2) is 5.82 Å². The van der Waals surface area contributed by atoms with Crippen molar-refractivity contribution in [2.75, 3.05) is 13.1 Å². The quantitative estimate of drug-likeness (QED) is 0.925. The fourth-order valence-corrected chi connectivity index (χ4v) is 2.73. The van der Waals surface area contributed by atoms with Crippen LogP contribution in [0.5, 0.6) is 0 Å². The molecule has 1 aromatic heterocycles. The lowest BCUT2D eigenvalue weighted by molar-refractivity contribution is -0.142. The molecule has 0 spiro atoms. The van der Waals surface area contributed by atoms with Gasteiger partial charge in [-0.2, -0.15) is 4.98 Å². The topological polar surface area (TPSA) is 79.5 Å². The van der Waals surface area contributed by atoms with E-state index in [0.717, 1.165) is 12.1 Å². The van der Waals surface area contributed by atoms with E-state index in [2.05, 4.69) is 15.0 Å². The first kappa shape index (κ1) is 13.8. The standard InChI is InChI=1S/C15H17N3O3/c1-10-7-18(8-12(10)15(19)20)9-13-16-14(21-17-13)11-5-3-2-4-6-11/h2-6,10,12H,7-9H2,1H3,(H,19,20)/t10-,12-/m1/s1. The van der Waals surface area contributed by atoms with Crippen molar-refractivity contribution < 1.29 is 14.4 Å². The van der Waals surface area contributed by atoms with E-state index in [-0.39, 0.29) is 11.8 Å². The van der Waals surface area contributed by atoms with Crippen molar-refractivity contribution in [2.45, 2.75) is 13.5 Å². The number of carboxylic acids is 1. The molecule has 0 aliphatic carbocycles. The van der Waals surface area contributed by atoms with E-state index in [1.165, 1.54) is 0 Å². The number of benzene rings is 1. The van der Waals surface area contributed by atoms with Gasteiger partial charge in [0.05, 0.1) is 12.5 Å². The van der Waals surface area contributed by atoms with Gasteiger partial charge in [0.25, 0.3) is 5.89 Å². The van der Waals surface area contributed by atoms with Crippen molar-refractivity contribution in [2.24, 2.45) is 11.8 Å². The summed E-state index contributed by atoms with van der Waals surface area (Å²) in [7, 11) is 0. The van der Waals surface area contributed by atoms with E-state index < -0.39 is 5.97 Å². The van der Waals surface area contributed by atoms with Crippen LogP contribution in [-0.4, -0.2) is 39.2 Å². The number of carbonyl (C=O) groups is 1. The number of likely N-dealkylation sites (tertiary alicyclic amines) is 1. The maximum Gasteiger partial charge on any atom is 0.308 e. The molecule has 110 valence electrons. The maximum absolute atomic E-state index is 11.1. The molecule has 1 fully saturated rings. The predicted octanol–water partition coefficient (Wildman–Crippen LogP) is 1.89. The SMILES string of the molecule is C[C@@H]1CN(Cc2noc(-c3ccccc3)n2)C[C@H]1C(=O)O. The number of aliphatic carboxylic acids is 1. The first-order valence-corrected chi connectivity index (χ1v) is 6.96. The van der Waals surface area contributed by atoms with Crippen LogP contribution < -0.4 is 0 Å². The molecule has 6 nitrogen and oxygen atoms in total. The van der Waals surface area contributed by atoms with Crippen molar-refractivity contribution in [1.82, 2.24) is 15.0 Å². The van der Waals surface area contributed by atoms with Crippen LogP contribution in [0.15, 0.2) is 34.9 Å². The molecule has 0 amide bonds. The van der Waals surface area contributed by atoms with Crippen LogP contribution in [0.2, 0.25) is 0 Å². The van der Waals surface area contributed by atoms with Crippen molar-refractivity contribution in [3.05, 3.63) is 36.2 Å². The molecule has 3 rings (SSSR count). The number of aromatic nitrogens is 2. The summed E-state index contributed by atoms with van der Waals surface area (Å²) in [5.41, 5.74) is 0.884. The second-order valence-corrected chi connectivity index (χ2v) is 5.50. The van der Waals surface area contributed by atoms with Gasteiger partial charge < -0.3 is 9.63 Å². The summed E-state index contributed by atoms with van der Waals surface area (Å²) in [5.74, 6) is 0.177. The number of hydrogen-bond acceptors (Lipinski definition) is 5. The zero-order chi connectivity index (χ0) is 14.8. The molecule has 21 heavy (non-hydrogen) atoms. The molecule has 0 radical (unpaired) electrons. The first-order valence-electron chi connectivity index (χ1n) is 6.96. The average molecular weight is 287 g/mol. The van der Waals surface area contributed by atoms with Crippen LogP contribution in [-0.2, 0) is 11.3 Å². The molecule has 2 heterocycles. The van der Waals surface area contributed by atoms with E-state index in [4.69, 9.17) is 9.63 Å². The van der Waals surface area contributed by atoms with Gasteiger partial charge in [0.2, 0.25) is 0 Å². The molecular formula is C15H17N3O3. The highest BCUT2D eigenvalue weighted by molar-refractivity contribution is 5.71. The highest BCUT2D eigenvalue weighted by Gasteiger charge is 2.35. The number of nitrogens with zero attached hydrogens (tertiary/aromatic N) is 3. The van der Waals surface area contributed by atoms with Gasteiger partial charge in [-0.25, -0.2) is 0 Å². The Morgan fingerprint density at radius 3 is 2.81 bits per heavy atom. The molecule has 0 unspecified atom stereocenters. The zero-order valence-electron chi connectivity index (χ0n) is 11.8. The summed E-state index contributed by atoms with van der Waals surface area (Å²) in [5, 5.41) is 13.1. The number of carboxylic acid groups (broad SMARTS) is 1. The summed E-state index contributed by atoms with van der Waals surface area (Å²) in [4.78, 5) is 17.6. The van der Waals surface area contributed by atoms with Crippen LogP contribution in [0.25, 0.3) is 11.5 Å². The van der Waals surface area contributed by atoms with Gasteiger partial charge in [-0.1, -0.05) is 30.3 Å². The Morgan fingerprint density at radius 1 is 1.38 bits per heavy atom. The third-order valence-electron chi connectivity index (χ3n) is 3.86. The Labute approximate surface area is 122 Å². The molecule has 1 N–H and O–H groups in total. The smallest absolute Gasteiger partial charge is 0.308 e. The van der Waals surface area contributed by atoms with E-state index >= 15 is 0 Å². The zero-order valence-corrected chi connectivity index (χ0v) is 11.8. The van der Waals surface area contributed by atoms with E-state index in [1.54, 1.807) is 0 Å². The minimum absolute atomic E-state index is 0.142. The Hall–Kier alpha value is -2.21. The van der Waals surface area contributed by atoms with E-state index in [0.29, 0.717) is 24.8 Å². The third kappa shape index (κ3) is 2.95. The summed E-state index contributed by atoms with van der Waals surface area (Å²) in [6.07, 6.45) is 0. The summed E-state index contributed by atoms with van der Waals surface area (Å²) in [6.45, 7) is 3.76. The van der Waals surface area contributed by atoms with Gasteiger partial charge in [-0.3, -0.25) is 9.69 Å². The lowest BCUT2D eigenvalue weighted by atomic mass is 9.99. The summed E-state index contributed by atoms with van der Waals surface area (Å²) < 4.78 is 5.26.